The molecule has 1 unspecified atom stereocenters. The van der Waals surface area contributed by atoms with Crippen molar-refractivity contribution in [1.29, 1.82) is 0 Å². The van der Waals surface area contributed by atoms with Crippen LogP contribution < -0.4 is 15.4 Å². The number of hydrogen-bond donors (Lipinski definition) is 2. The zero-order valence-corrected chi connectivity index (χ0v) is 11.9. The Balaban J connectivity index is 1.72. The third-order valence-corrected chi connectivity index (χ3v) is 3.51. The van der Waals surface area contributed by atoms with Crippen molar-refractivity contribution in [2.24, 2.45) is 0 Å². The van der Waals surface area contributed by atoms with Crippen LogP contribution in [0.25, 0.3) is 0 Å². The first-order chi connectivity index (χ1) is 10.3. The predicted molar refractivity (Wildman–Crippen MR) is 82.3 cm³/mol. The van der Waals surface area contributed by atoms with E-state index in [2.05, 4.69) is 10.6 Å². The van der Waals surface area contributed by atoms with Crippen molar-refractivity contribution in [1.82, 2.24) is 5.32 Å². The maximum absolute atomic E-state index is 11.9. The Bertz CT molecular complexity index is 640. The summed E-state index contributed by atoms with van der Waals surface area (Å²) in [5.74, 6) is 0.752. The van der Waals surface area contributed by atoms with E-state index in [4.69, 9.17) is 4.74 Å². The first-order valence-electron chi connectivity index (χ1n) is 7.13. The predicted octanol–water partition coefficient (Wildman–Crippen LogP) is 2.87. The molecule has 108 valence electrons. The minimum absolute atomic E-state index is 0.00735. The average Bonchev–Trinajstić information content (AvgIpc) is 2.82. The highest BCUT2D eigenvalue weighted by Gasteiger charge is 2.29. The summed E-state index contributed by atoms with van der Waals surface area (Å²) in [6.07, 6.45) is 0. The molecule has 0 spiro atoms. The van der Waals surface area contributed by atoms with Crippen LogP contribution in [0.1, 0.15) is 24.1 Å². The lowest BCUT2D eigenvalue weighted by atomic mass is 10.1. The van der Waals surface area contributed by atoms with Crippen molar-refractivity contribution in [3.05, 3.63) is 59.7 Å². The molecule has 2 N–H and O–H groups in total. The highest BCUT2D eigenvalue weighted by Crippen LogP contribution is 2.33. The van der Waals surface area contributed by atoms with E-state index in [9.17, 15) is 4.79 Å². The minimum Gasteiger partial charge on any atom is -0.489 e. The number of benzene rings is 2. The number of carbonyl (C=O) groups excluding carboxylic acids is 1. The number of amides is 1. The van der Waals surface area contributed by atoms with Gasteiger partial charge in [0.2, 0.25) is 5.91 Å². The van der Waals surface area contributed by atoms with Gasteiger partial charge in [-0.05, 0) is 18.2 Å². The molecule has 2 aromatic carbocycles. The summed E-state index contributed by atoms with van der Waals surface area (Å²) < 4.78 is 5.78. The molecule has 0 aromatic heterocycles. The molecule has 4 heteroatoms. The van der Waals surface area contributed by atoms with Crippen molar-refractivity contribution in [3.63, 3.8) is 0 Å². The summed E-state index contributed by atoms with van der Waals surface area (Å²) in [5, 5.41) is 6.06. The van der Waals surface area contributed by atoms with Gasteiger partial charge in [0, 0.05) is 17.3 Å². The van der Waals surface area contributed by atoms with Crippen LogP contribution in [0, 0.1) is 0 Å². The molecule has 0 radical (unpaired) electrons. The molecule has 0 fully saturated rings. The lowest BCUT2D eigenvalue weighted by molar-refractivity contribution is -0.117. The molecule has 21 heavy (non-hydrogen) atoms. The molecule has 4 nitrogen and oxygen atoms in total. The smallest absolute Gasteiger partial charge is 0.246 e. The molecule has 1 atom stereocenters. The second kappa shape index (κ2) is 5.97. The van der Waals surface area contributed by atoms with Gasteiger partial charge in [0.15, 0.2) is 0 Å². The Morgan fingerprint density at radius 3 is 2.76 bits per heavy atom. The number of likely N-dealkylation sites (N-methyl/N-ethyl adjacent to an activating group) is 1. The summed E-state index contributed by atoms with van der Waals surface area (Å²) >= 11 is 0. The van der Waals surface area contributed by atoms with Crippen LogP contribution in [0.5, 0.6) is 5.75 Å². The highest BCUT2D eigenvalue weighted by molar-refractivity contribution is 6.02. The van der Waals surface area contributed by atoms with Crippen molar-refractivity contribution < 1.29 is 9.53 Å². The van der Waals surface area contributed by atoms with Crippen LogP contribution in [0.2, 0.25) is 0 Å². The summed E-state index contributed by atoms with van der Waals surface area (Å²) in [4.78, 5) is 11.9. The number of fused-ring (bicyclic) bond motifs is 1. The van der Waals surface area contributed by atoms with E-state index in [1.54, 1.807) is 0 Å². The van der Waals surface area contributed by atoms with Gasteiger partial charge in [-0.2, -0.15) is 0 Å². The van der Waals surface area contributed by atoms with Gasteiger partial charge in [0.05, 0.1) is 0 Å². The van der Waals surface area contributed by atoms with Gasteiger partial charge in [-0.15, -0.1) is 0 Å². The quantitative estimate of drug-likeness (QED) is 0.886. The fraction of sp³-hybridized carbons (Fsp3) is 0.235. The Morgan fingerprint density at radius 1 is 1.19 bits per heavy atom. The topological polar surface area (TPSA) is 50.4 Å². The molecule has 0 bridgehead atoms. The molecular formula is C17H18N2O2. The first kappa shape index (κ1) is 13.6. The van der Waals surface area contributed by atoms with Crippen LogP contribution in [0.15, 0.2) is 48.5 Å². The number of hydrogen-bond acceptors (Lipinski definition) is 3. The molecule has 1 amide bonds. The second-order valence-electron chi connectivity index (χ2n) is 5.00. The first-order valence-corrected chi connectivity index (χ1v) is 7.13. The van der Waals surface area contributed by atoms with Gasteiger partial charge in [-0.1, -0.05) is 43.3 Å². The van der Waals surface area contributed by atoms with E-state index in [0.717, 1.165) is 29.1 Å². The van der Waals surface area contributed by atoms with Gasteiger partial charge < -0.3 is 15.4 Å². The van der Waals surface area contributed by atoms with E-state index in [1.165, 1.54) is 0 Å². The third-order valence-electron chi connectivity index (χ3n) is 3.51. The normalized spacial score (nSPS) is 16.4. The molecule has 1 heterocycles. The van der Waals surface area contributed by atoms with Gasteiger partial charge in [-0.25, -0.2) is 0 Å². The molecule has 2 aromatic rings. The zero-order valence-electron chi connectivity index (χ0n) is 11.9. The molecule has 0 saturated carbocycles. The van der Waals surface area contributed by atoms with Crippen LogP contribution in [-0.4, -0.2) is 12.5 Å². The van der Waals surface area contributed by atoms with E-state index >= 15 is 0 Å². The fourth-order valence-corrected chi connectivity index (χ4v) is 2.48. The number of carbonyl (C=O) groups is 1. The standard InChI is InChI=1S/C17H18N2O2/c1-2-18-16-14-9-8-13(10-15(14)19-17(16)20)21-11-12-6-4-3-5-7-12/h3-10,16,18H,2,11H2,1H3,(H,19,20). The maximum Gasteiger partial charge on any atom is 0.246 e. The maximum atomic E-state index is 11.9. The zero-order chi connectivity index (χ0) is 14.7. The highest BCUT2D eigenvalue weighted by atomic mass is 16.5. The average molecular weight is 282 g/mol. The van der Waals surface area contributed by atoms with Crippen molar-refractivity contribution >= 4 is 11.6 Å². The summed E-state index contributed by atoms with van der Waals surface area (Å²) in [6, 6.07) is 15.5. The van der Waals surface area contributed by atoms with Gasteiger partial charge in [-0.3, -0.25) is 4.79 Å². The number of ether oxygens (including phenoxy) is 1. The molecule has 3 rings (SSSR count). The van der Waals surface area contributed by atoms with Gasteiger partial charge >= 0.3 is 0 Å². The van der Waals surface area contributed by atoms with Crippen molar-refractivity contribution in [2.45, 2.75) is 19.6 Å². The second-order valence-corrected chi connectivity index (χ2v) is 5.00. The van der Waals surface area contributed by atoms with Crippen LogP contribution in [0.3, 0.4) is 0 Å². The van der Waals surface area contributed by atoms with E-state index < -0.39 is 0 Å². The monoisotopic (exact) mass is 282 g/mol. The van der Waals surface area contributed by atoms with E-state index in [0.29, 0.717) is 6.61 Å². The van der Waals surface area contributed by atoms with Crippen LogP contribution in [-0.2, 0) is 11.4 Å². The number of anilines is 1. The summed E-state index contributed by atoms with van der Waals surface area (Å²) in [5.41, 5.74) is 2.93. The lowest BCUT2D eigenvalue weighted by Gasteiger charge is -2.10. The number of nitrogens with one attached hydrogen (secondary N) is 2. The Kier molecular flexibility index (Phi) is 3.88. The summed E-state index contributed by atoms with van der Waals surface area (Å²) in [7, 11) is 0. The van der Waals surface area contributed by atoms with Crippen LogP contribution >= 0.6 is 0 Å². The van der Waals surface area contributed by atoms with E-state index in [1.807, 2.05) is 55.5 Å². The van der Waals surface area contributed by atoms with Crippen molar-refractivity contribution in [2.75, 3.05) is 11.9 Å². The molecule has 0 aliphatic carbocycles. The Morgan fingerprint density at radius 2 is 2.00 bits per heavy atom. The molecule has 1 aliphatic heterocycles. The minimum atomic E-state index is -0.256. The molecular weight excluding hydrogens is 264 g/mol. The van der Waals surface area contributed by atoms with Crippen molar-refractivity contribution in [3.8, 4) is 5.75 Å². The third kappa shape index (κ3) is 2.90. The Hall–Kier alpha value is -2.33. The summed E-state index contributed by atoms with van der Waals surface area (Å²) in [6.45, 7) is 3.26. The lowest BCUT2D eigenvalue weighted by Crippen LogP contribution is -2.27. The number of rotatable bonds is 5. The fourth-order valence-electron chi connectivity index (χ4n) is 2.48. The van der Waals surface area contributed by atoms with E-state index in [-0.39, 0.29) is 11.9 Å². The van der Waals surface area contributed by atoms with Gasteiger partial charge in [0.25, 0.3) is 0 Å². The Labute approximate surface area is 124 Å². The van der Waals surface area contributed by atoms with Gasteiger partial charge in [0.1, 0.15) is 18.4 Å². The largest absolute Gasteiger partial charge is 0.489 e. The molecule has 0 saturated heterocycles. The SMILES string of the molecule is CCNC1C(=O)Nc2cc(OCc3ccccc3)ccc21. The van der Waals surface area contributed by atoms with Crippen LogP contribution in [0.4, 0.5) is 5.69 Å². The molecule has 1 aliphatic rings.